The van der Waals surface area contributed by atoms with Crippen molar-refractivity contribution in [3.05, 3.63) is 33.8 Å². The predicted octanol–water partition coefficient (Wildman–Crippen LogP) is 3.20. The average molecular weight is 387 g/mol. The Balaban J connectivity index is 1.65. The number of rotatable bonds is 4. The first-order valence-corrected chi connectivity index (χ1v) is 9.33. The minimum Gasteiger partial charge on any atom is -0.352 e. The van der Waals surface area contributed by atoms with Gasteiger partial charge in [0.2, 0.25) is 0 Å². The lowest BCUT2D eigenvalue weighted by molar-refractivity contribution is -0.194. The summed E-state index contributed by atoms with van der Waals surface area (Å²) in [5, 5.41) is 3.85. The van der Waals surface area contributed by atoms with Gasteiger partial charge in [0, 0.05) is 31.0 Å². The van der Waals surface area contributed by atoms with Crippen LogP contribution in [0.3, 0.4) is 0 Å². The number of carbonyl (C=O) groups excluding carboxylic acids is 1. The molecule has 0 aromatic heterocycles. The fourth-order valence-corrected chi connectivity index (χ4v) is 4.15. The van der Waals surface area contributed by atoms with Crippen molar-refractivity contribution < 1.29 is 14.3 Å². The normalized spacial score (nSPS) is 25.5. The second kappa shape index (κ2) is 7.80. The van der Waals surface area contributed by atoms with Gasteiger partial charge in [-0.3, -0.25) is 4.79 Å². The van der Waals surface area contributed by atoms with Crippen LogP contribution < -0.4 is 5.32 Å². The van der Waals surface area contributed by atoms with Crippen molar-refractivity contribution in [3.8, 4) is 0 Å². The second-order valence-electron chi connectivity index (χ2n) is 6.98. The number of nitrogens with one attached hydrogen (secondary N) is 1. The number of amides is 1. The fraction of sp³-hybridized carbons (Fsp3) is 0.611. The minimum absolute atomic E-state index is 0.149. The first-order chi connectivity index (χ1) is 11.9. The smallest absolute Gasteiger partial charge is 0.251 e. The van der Waals surface area contributed by atoms with Crippen LogP contribution in [0.4, 0.5) is 0 Å². The van der Waals surface area contributed by atoms with Crippen molar-refractivity contribution in [2.45, 2.75) is 31.1 Å². The standard InChI is InChI=1S/C18H24Cl2N2O3/c1-22(2)16-5-6-18(24-7-8-25-18)10-13(16)11-21-17(23)12-3-4-14(19)15(20)9-12/h3-4,9,13,16H,5-8,10-11H2,1-2H3,(H,21,23). The lowest BCUT2D eigenvalue weighted by Crippen LogP contribution is -2.51. The van der Waals surface area contributed by atoms with Gasteiger partial charge in [0.15, 0.2) is 5.79 Å². The summed E-state index contributed by atoms with van der Waals surface area (Å²) in [7, 11) is 4.15. The van der Waals surface area contributed by atoms with Crippen LogP contribution in [-0.2, 0) is 9.47 Å². The molecular weight excluding hydrogens is 363 g/mol. The molecule has 1 N–H and O–H groups in total. The monoisotopic (exact) mass is 386 g/mol. The molecule has 3 rings (SSSR count). The van der Waals surface area contributed by atoms with Crippen LogP contribution in [0.15, 0.2) is 18.2 Å². The van der Waals surface area contributed by atoms with E-state index >= 15 is 0 Å². The largest absolute Gasteiger partial charge is 0.352 e. The SMILES string of the molecule is CN(C)C1CCC2(CC1CNC(=O)c1ccc(Cl)c(Cl)c1)OCCO2. The second-order valence-corrected chi connectivity index (χ2v) is 7.79. The van der Waals surface area contributed by atoms with Gasteiger partial charge in [0.05, 0.1) is 23.3 Å². The van der Waals surface area contributed by atoms with Gasteiger partial charge in [-0.25, -0.2) is 0 Å². The summed E-state index contributed by atoms with van der Waals surface area (Å²) in [4.78, 5) is 14.7. The molecule has 1 saturated heterocycles. The summed E-state index contributed by atoms with van der Waals surface area (Å²) < 4.78 is 11.7. The summed E-state index contributed by atoms with van der Waals surface area (Å²) in [6.45, 7) is 1.86. The maximum absolute atomic E-state index is 12.5. The summed E-state index contributed by atoms with van der Waals surface area (Å²) in [5.74, 6) is -0.358. The van der Waals surface area contributed by atoms with Gasteiger partial charge in [-0.2, -0.15) is 0 Å². The Kier molecular flexibility index (Phi) is 5.91. The van der Waals surface area contributed by atoms with Crippen LogP contribution >= 0.6 is 23.2 Å². The Bertz CT molecular complexity index is 633. The third kappa shape index (κ3) is 4.29. The van der Waals surface area contributed by atoms with Gasteiger partial charge >= 0.3 is 0 Å². The van der Waals surface area contributed by atoms with Gasteiger partial charge in [0.25, 0.3) is 5.91 Å². The molecule has 0 radical (unpaired) electrons. The molecule has 2 aliphatic rings. The van der Waals surface area contributed by atoms with E-state index < -0.39 is 5.79 Å². The molecule has 0 bridgehead atoms. The first kappa shape index (κ1) is 18.9. The van der Waals surface area contributed by atoms with Gasteiger partial charge < -0.3 is 19.7 Å². The van der Waals surface area contributed by atoms with E-state index in [0.29, 0.717) is 41.4 Å². The van der Waals surface area contributed by atoms with E-state index in [1.165, 1.54) is 0 Å². The summed E-state index contributed by atoms with van der Waals surface area (Å²) >= 11 is 11.9. The Morgan fingerprint density at radius 2 is 2.00 bits per heavy atom. The van der Waals surface area contributed by atoms with E-state index in [0.717, 1.165) is 19.3 Å². The maximum Gasteiger partial charge on any atom is 0.251 e. The maximum atomic E-state index is 12.5. The predicted molar refractivity (Wildman–Crippen MR) is 98.2 cm³/mol. The van der Waals surface area contributed by atoms with Crippen LogP contribution in [0.25, 0.3) is 0 Å². The third-order valence-electron chi connectivity index (χ3n) is 5.12. The molecule has 1 spiro atoms. The van der Waals surface area contributed by atoms with Crippen molar-refractivity contribution in [3.63, 3.8) is 0 Å². The van der Waals surface area contributed by atoms with E-state index in [1.807, 2.05) is 0 Å². The summed E-state index contributed by atoms with van der Waals surface area (Å²) in [6.07, 6.45) is 2.67. The van der Waals surface area contributed by atoms with Gasteiger partial charge in [-0.05, 0) is 44.6 Å². The van der Waals surface area contributed by atoms with Gasteiger partial charge in [-0.1, -0.05) is 23.2 Å². The van der Waals surface area contributed by atoms with E-state index in [1.54, 1.807) is 18.2 Å². The average Bonchev–Trinajstić information content (AvgIpc) is 3.02. The topological polar surface area (TPSA) is 50.8 Å². The Labute approximate surface area is 158 Å². The number of halogens is 2. The van der Waals surface area contributed by atoms with E-state index in [4.69, 9.17) is 32.7 Å². The highest BCUT2D eigenvalue weighted by molar-refractivity contribution is 6.42. The zero-order valence-corrected chi connectivity index (χ0v) is 16.1. The number of carbonyl (C=O) groups is 1. The lowest BCUT2D eigenvalue weighted by atomic mass is 9.80. The van der Waals surface area contributed by atoms with Crippen LogP contribution in [0.5, 0.6) is 0 Å². The summed E-state index contributed by atoms with van der Waals surface area (Å²) in [5.41, 5.74) is 0.509. The quantitative estimate of drug-likeness (QED) is 0.862. The van der Waals surface area contributed by atoms with Crippen LogP contribution in [0.1, 0.15) is 29.6 Å². The number of benzene rings is 1. The zero-order chi connectivity index (χ0) is 18.0. The number of nitrogens with zero attached hydrogens (tertiary/aromatic N) is 1. The highest BCUT2D eigenvalue weighted by atomic mass is 35.5. The third-order valence-corrected chi connectivity index (χ3v) is 5.86. The molecule has 7 heteroatoms. The summed E-state index contributed by atoms with van der Waals surface area (Å²) in [6, 6.07) is 5.29. The molecule has 5 nitrogen and oxygen atoms in total. The molecule has 1 aromatic rings. The van der Waals surface area contributed by atoms with Crippen LogP contribution in [0, 0.1) is 5.92 Å². The molecule has 1 amide bonds. The van der Waals surface area contributed by atoms with E-state index in [9.17, 15) is 4.79 Å². The van der Waals surface area contributed by atoms with Crippen molar-refractivity contribution in [1.29, 1.82) is 0 Å². The van der Waals surface area contributed by atoms with Gasteiger partial charge in [0.1, 0.15) is 0 Å². The molecular formula is C18H24Cl2N2O3. The first-order valence-electron chi connectivity index (χ1n) is 8.58. The molecule has 1 heterocycles. The molecule has 2 fully saturated rings. The molecule has 25 heavy (non-hydrogen) atoms. The number of hydrogen-bond donors (Lipinski definition) is 1. The molecule has 1 aliphatic carbocycles. The van der Waals surface area contributed by atoms with Crippen LogP contribution in [-0.4, -0.2) is 56.5 Å². The lowest BCUT2D eigenvalue weighted by Gasteiger charge is -2.43. The van der Waals surface area contributed by atoms with E-state index in [-0.39, 0.29) is 11.8 Å². The minimum atomic E-state index is -0.467. The Morgan fingerprint density at radius 1 is 1.28 bits per heavy atom. The molecule has 2 unspecified atom stereocenters. The molecule has 1 aromatic carbocycles. The molecule has 138 valence electrons. The van der Waals surface area contributed by atoms with Crippen molar-refractivity contribution >= 4 is 29.1 Å². The fourth-order valence-electron chi connectivity index (χ4n) is 3.85. The zero-order valence-electron chi connectivity index (χ0n) is 14.6. The molecule has 1 aliphatic heterocycles. The highest BCUT2D eigenvalue weighted by Crippen LogP contribution is 2.40. The number of ether oxygens (including phenoxy) is 2. The van der Waals surface area contributed by atoms with Crippen molar-refractivity contribution in [2.75, 3.05) is 33.9 Å². The van der Waals surface area contributed by atoms with Gasteiger partial charge in [-0.15, -0.1) is 0 Å². The highest BCUT2D eigenvalue weighted by Gasteiger charge is 2.45. The molecule has 1 saturated carbocycles. The Morgan fingerprint density at radius 3 is 2.64 bits per heavy atom. The molecule has 2 atom stereocenters. The van der Waals surface area contributed by atoms with Crippen LogP contribution in [0.2, 0.25) is 10.0 Å². The number of hydrogen-bond acceptors (Lipinski definition) is 4. The van der Waals surface area contributed by atoms with E-state index in [2.05, 4.69) is 24.3 Å². The Hall–Kier alpha value is -0.850. The van der Waals surface area contributed by atoms with Crippen molar-refractivity contribution in [1.82, 2.24) is 10.2 Å². The van der Waals surface area contributed by atoms with Crippen molar-refractivity contribution in [2.24, 2.45) is 5.92 Å².